The maximum atomic E-state index is 12.9. The Kier molecular flexibility index (Phi) is 5.98. The van der Waals surface area contributed by atoms with Gasteiger partial charge in [-0.2, -0.15) is 0 Å². The van der Waals surface area contributed by atoms with Crippen molar-refractivity contribution in [3.8, 4) is 5.75 Å². The van der Waals surface area contributed by atoms with Crippen LogP contribution in [0.25, 0.3) is 11.0 Å². The van der Waals surface area contributed by atoms with Gasteiger partial charge in [-0.25, -0.2) is 4.79 Å². The number of urea groups is 1. The summed E-state index contributed by atoms with van der Waals surface area (Å²) in [5.74, 6) is 0.255. The Labute approximate surface area is 156 Å². The number of fused-ring (bicyclic) bond motifs is 1. The van der Waals surface area contributed by atoms with Gasteiger partial charge in [0.2, 0.25) is 5.78 Å². The number of nitrogens with two attached hydrogens (primary N) is 1. The molecule has 0 aliphatic heterocycles. The van der Waals surface area contributed by atoms with Crippen molar-refractivity contribution in [3.05, 3.63) is 24.0 Å². The topological polar surface area (TPSA) is 135 Å². The quantitative estimate of drug-likeness (QED) is 0.548. The molecule has 0 bridgehead atoms. The zero-order chi connectivity index (χ0) is 19.4. The molecule has 1 aliphatic carbocycles. The molecule has 1 saturated carbocycles. The van der Waals surface area contributed by atoms with Gasteiger partial charge < -0.3 is 30.4 Å². The average Bonchev–Trinajstić information content (AvgIpc) is 3.03. The van der Waals surface area contributed by atoms with Crippen molar-refractivity contribution in [1.29, 1.82) is 0 Å². The molecule has 146 valence electrons. The van der Waals surface area contributed by atoms with Gasteiger partial charge in [-0.3, -0.25) is 4.79 Å². The summed E-state index contributed by atoms with van der Waals surface area (Å²) in [6.07, 6.45) is 3.74. The number of primary amides is 1. The molecule has 0 spiro atoms. The largest absolute Gasteiger partial charge is 0.491 e. The second-order valence-electron chi connectivity index (χ2n) is 6.80. The number of carbonyl (C=O) groups is 2. The van der Waals surface area contributed by atoms with Gasteiger partial charge in [0, 0.05) is 17.4 Å². The van der Waals surface area contributed by atoms with Crippen molar-refractivity contribution >= 4 is 28.5 Å². The summed E-state index contributed by atoms with van der Waals surface area (Å²) in [5, 5.41) is 21.3. The normalized spacial score (nSPS) is 16.2. The van der Waals surface area contributed by atoms with E-state index in [1.807, 2.05) is 0 Å². The third-order valence-electron chi connectivity index (χ3n) is 4.76. The van der Waals surface area contributed by atoms with E-state index in [4.69, 9.17) is 20.0 Å². The fourth-order valence-corrected chi connectivity index (χ4v) is 3.38. The molecular formula is C19H24N2O6. The summed E-state index contributed by atoms with van der Waals surface area (Å²) in [6, 6.07) is 4.08. The van der Waals surface area contributed by atoms with Crippen molar-refractivity contribution in [2.75, 3.05) is 18.5 Å². The molecule has 1 aliphatic rings. The summed E-state index contributed by atoms with van der Waals surface area (Å²) in [4.78, 5) is 24.4. The Morgan fingerprint density at radius 2 is 2.04 bits per heavy atom. The van der Waals surface area contributed by atoms with Gasteiger partial charge >= 0.3 is 6.03 Å². The maximum Gasteiger partial charge on any atom is 0.316 e. The van der Waals surface area contributed by atoms with Gasteiger partial charge in [-0.1, -0.05) is 19.3 Å². The zero-order valence-electron chi connectivity index (χ0n) is 14.9. The number of hydrogen-bond donors (Lipinski definition) is 4. The monoisotopic (exact) mass is 376 g/mol. The van der Waals surface area contributed by atoms with Crippen LogP contribution in [0.3, 0.4) is 0 Å². The lowest BCUT2D eigenvalue weighted by atomic mass is 9.85. The van der Waals surface area contributed by atoms with E-state index in [0.717, 1.165) is 32.1 Å². The molecule has 8 nitrogen and oxygen atoms in total. The van der Waals surface area contributed by atoms with Crippen LogP contribution in [-0.2, 0) is 0 Å². The fraction of sp³-hybridized carbons (Fsp3) is 0.474. The number of aliphatic hydroxyl groups is 2. The first-order valence-corrected chi connectivity index (χ1v) is 9.08. The standard InChI is InChI=1S/C19H24N2O6/c20-19(25)21-16-14-7-6-13(26-10-12(23)9-22)8-15(14)27-18(16)17(24)11-4-2-1-3-5-11/h6-8,11-12,22-23H,1-5,9-10H2,(H3,20,21,25). The third-order valence-corrected chi connectivity index (χ3v) is 4.76. The molecule has 1 atom stereocenters. The SMILES string of the molecule is NC(=O)Nc1c(C(=O)C2CCCCC2)oc2cc(OCC(O)CO)ccc12. The van der Waals surface area contributed by atoms with Crippen LogP contribution in [0.5, 0.6) is 5.75 Å². The molecule has 2 amide bonds. The summed E-state index contributed by atoms with van der Waals surface area (Å²) < 4.78 is 11.2. The van der Waals surface area contributed by atoms with Crippen molar-refractivity contribution in [3.63, 3.8) is 0 Å². The molecule has 27 heavy (non-hydrogen) atoms. The number of ketones is 1. The molecule has 0 radical (unpaired) electrons. The van der Waals surface area contributed by atoms with E-state index in [2.05, 4.69) is 5.32 Å². The molecule has 1 unspecified atom stereocenters. The maximum absolute atomic E-state index is 12.9. The fourth-order valence-electron chi connectivity index (χ4n) is 3.38. The number of Topliss-reactive ketones (excluding diaryl/α,β-unsaturated/α-hetero) is 1. The van der Waals surface area contributed by atoms with Crippen LogP contribution in [0.4, 0.5) is 10.5 Å². The highest BCUT2D eigenvalue weighted by Gasteiger charge is 2.29. The Balaban J connectivity index is 1.93. The second kappa shape index (κ2) is 8.41. The predicted octanol–water partition coefficient (Wildman–Crippen LogP) is 2.42. The summed E-state index contributed by atoms with van der Waals surface area (Å²) >= 11 is 0. The molecule has 2 aromatic rings. The van der Waals surface area contributed by atoms with Crippen molar-refractivity contribution in [2.45, 2.75) is 38.2 Å². The highest BCUT2D eigenvalue weighted by Crippen LogP contribution is 2.37. The summed E-state index contributed by atoms with van der Waals surface area (Å²) in [6.45, 7) is -0.487. The lowest BCUT2D eigenvalue weighted by Gasteiger charge is -2.19. The van der Waals surface area contributed by atoms with E-state index in [0.29, 0.717) is 16.7 Å². The highest BCUT2D eigenvalue weighted by molar-refractivity contribution is 6.11. The molecule has 1 heterocycles. The minimum Gasteiger partial charge on any atom is -0.491 e. The van der Waals surface area contributed by atoms with Gasteiger partial charge in [-0.15, -0.1) is 0 Å². The van der Waals surface area contributed by atoms with Crippen LogP contribution in [-0.4, -0.2) is 41.3 Å². The van der Waals surface area contributed by atoms with E-state index in [9.17, 15) is 14.7 Å². The van der Waals surface area contributed by atoms with Crippen LogP contribution in [0.1, 0.15) is 42.7 Å². The number of ether oxygens (including phenoxy) is 1. The Bertz CT molecular complexity index is 825. The first-order valence-electron chi connectivity index (χ1n) is 9.08. The Morgan fingerprint density at radius 1 is 1.30 bits per heavy atom. The molecule has 0 saturated heterocycles. The van der Waals surface area contributed by atoms with Gasteiger partial charge in [-0.05, 0) is 25.0 Å². The van der Waals surface area contributed by atoms with Crippen molar-refractivity contribution in [1.82, 2.24) is 0 Å². The number of anilines is 1. The summed E-state index contributed by atoms with van der Waals surface area (Å²) in [7, 11) is 0. The van der Waals surface area contributed by atoms with Crippen LogP contribution in [0.2, 0.25) is 0 Å². The first-order chi connectivity index (χ1) is 13.0. The minimum atomic E-state index is -0.993. The molecule has 1 aromatic carbocycles. The van der Waals surface area contributed by atoms with Crippen LogP contribution < -0.4 is 15.8 Å². The van der Waals surface area contributed by atoms with Crippen LogP contribution >= 0.6 is 0 Å². The number of benzene rings is 1. The first kappa shape index (κ1) is 19.2. The number of hydrogen-bond acceptors (Lipinski definition) is 6. The van der Waals surface area contributed by atoms with E-state index in [1.165, 1.54) is 0 Å². The van der Waals surface area contributed by atoms with Crippen molar-refractivity contribution < 1.29 is 29.0 Å². The lowest BCUT2D eigenvalue weighted by molar-refractivity contribution is 0.0536. The summed E-state index contributed by atoms with van der Waals surface area (Å²) in [5.41, 5.74) is 5.91. The molecule has 5 N–H and O–H groups in total. The number of rotatable bonds is 7. The zero-order valence-corrected chi connectivity index (χ0v) is 14.9. The van der Waals surface area contributed by atoms with E-state index < -0.39 is 18.7 Å². The molecule has 8 heteroatoms. The number of aliphatic hydroxyl groups excluding tert-OH is 2. The van der Waals surface area contributed by atoms with Gasteiger partial charge in [0.1, 0.15) is 29.7 Å². The molecule has 1 aromatic heterocycles. The lowest BCUT2D eigenvalue weighted by Crippen LogP contribution is -2.23. The number of furan rings is 1. The van der Waals surface area contributed by atoms with Crippen molar-refractivity contribution in [2.24, 2.45) is 11.7 Å². The van der Waals surface area contributed by atoms with Gasteiger partial charge in [0.15, 0.2) is 5.76 Å². The average molecular weight is 376 g/mol. The molecular weight excluding hydrogens is 352 g/mol. The van der Waals surface area contributed by atoms with Crippen LogP contribution in [0, 0.1) is 5.92 Å². The number of nitrogens with one attached hydrogen (secondary N) is 1. The Morgan fingerprint density at radius 3 is 2.70 bits per heavy atom. The van der Waals surface area contributed by atoms with E-state index in [1.54, 1.807) is 18.2 Å². The van der Waals surface area contributed by atoms with Gasteiger partial charge in [0.25, 0.3) is 0 Å². The predicted molar refractivity (Wildman–Crippen MR) is 98.9 cm³/mol. The highest BCUT2D eigenvalue weighted by atomic mass is 16.5. The third kappa shape index (κ3) is 4.40. The smallest absolute Gasteiger partial charge is 0.316 e. The molecule has 3 rings (SSSR count). The van der Waals surface area contributed by atoms with Gasteiger partial charge in [0.05, 0.1) is 6.61 Å². The number of amides is 2. The van der Waals surface area contributed by atoms with Crippen LogP contribution in [0.15, 0.2) is 22.6 Å². The second-order valence-corrected chi connectivity index (χ2v) is 6.80. The molecule has 1 fully saturated rings. The number of carbonyl (C=O) groups excluding carboxylic acids is 2. The van der Waals surface area contributed by atoms with E-state index >= 15 is 0 Å². The minimum absolute atomic E-state index is 0.0804. The van der Waals surface area contributed by atoms with E-state index in [-0.39, 0.29) is 29.8 Å². The Hall–Kier alpha value is -2.58.